The highest BCUT2D eigenvalue weighted by Crippen LogP contribution is 2.46. The molecule has 8 heteroatoms. The van der Waals surface area contributed by atoms with Crippen molar-refractivity contribution < 1.29 is 24.5 Å². The molecule has 0 amide bonds. The van der Waals surface area contributed by atoms with E-state index in [1.54, 1.807) is 6.07 Å². The Balaban J connectivity index is 1.08. The minimum atomic E-state index is -0.532. The first-order valence-electron chi connectivity index (χ1n) is 19.6. The van der Waals surface area contributed by atoms with E-state index in [0.29, 0.717) is 44.6 Å². The zero-order chi connectivity index (χ0) is 37.5. The fourth-order valence-electron chi connectivity index (χ4n) is 9.36. The van der Waals surface area contributed by atoms with Gasteiger partial charge < -0.3 is 30.2 Å². The average molecular weight is 732 g/mol. The Hall–Kier alpha value is -5.76. The monoisotopic (exact) mass is 731 g/mol. The van der Waals surface area contributed by atoms with Gasteiger partial charge in [0.1, 0.15) is 17.3 Å². The zero-order valence-electron chi connectivity index (χ0n) is 30.9. The predicted octanol–water partition coefficient (Wildman–Crippen LogP) is 8.83. The number of aryl methyl sites for hydroxylation is 2. The number of ether oxygens (including phenoxy) is 1. The van der Waals surface area contributed by atoms with Crippen molar-refractivity contribution in [2.24, 2.45) is 11.8 Å². The van der Waals surface area contributed by atoms with Gasteiger partial charge in [-0.2, -0.15) is 6.20 Å². The highest BCUT2D eigenvalue weighted by atomic mass is 16.5. The number of ketones is 2. The third-order valence-corrected chi connectivity index (χ3v) is 12.1. The quantitative estimate of drug-likeness (QED) is 0.156. The number of phenolic OH excluding ortho intramolecular Hbond substituents is 2. The lowest BCUT2D eigenvalue weighted by Crippen LogP contribution is -2.31. The maximum atomic E-state index is 14.7. The van der Waals surface area contributed by atoms with E-state index in [0.717, 1.165) is 92.8 Å². The molecule has 8 nitrogen and oxygen atoms in total. The number of hydrogen-bond donors (Lipinski definition) is 3. The maximum absolute atomic E-state index is 14.7. The topological polar surface area (TPSA) is 128 Å². The standard InChI is InChI=1S/C47H45N3O5/c51-36-13-12-32-24-34(45(54)46-38(32)7-3-19-55-46)22-30-5-1-4-29(20-30)21-33-15-17-49-47(33)50-27-35-25-41-39(16-18-48-41)40(44(35)43(53)26-36)23-28-9-11-31-6-2-8-42(52)37(31)14-10-28/h1-2,4-6,8,10,14-18,20,24-25,28,40,44,49,52,54H,3,7,9,11-13,19,21-23,26-27H2/q-2/t28-,40+,44+/m0/s1. The number of H-pyrrole nitrogens is 1. The molecule has 2 aromatic heterocycles. The van der Waals surface area contributed by atoms with Crippen LogP contribution in [0.25, 0.3) is 17.5 Å². The van der Waals surface area contributed by atoms with Crippen molar-refractivity contribution in [3.05, 3.63) is 146 Å². The molecule has 3 N–H and O–H groups in total. The van der Waals surface area contributed by atoms with E-state index in [1.165, 1.54) is 0 Å². The molecular weight excluding hydrogens is 687 g/mol. The van der Waals surface area contributed by atoms with E-state index in [2.05, 4.69) is 47.5 Å². The third kappa shape index (κ3) is 7.02. The minimum Gasteiger partial charge on any atom is -0.664 e. The zero-order valence-corrected chi connectivity index (χ0v) is 30.9. The fourth-order valence-corrected chi connectivity index (χ4v) is 9.36. The molecule has 3 aromatic carbocycles. The maximum Gasteiger partial charge on any atom is 0.164 e. The number of benzene rings is 3. The molecule has 55 heavy (non-hydrogen) atoms. The second-order valence-electron chi connectivity index (χ2n) is 15.7. The summed E-state index contributed by atoms with van der Waals surface area (Å²) < 4.78 is 6.05. The Kier molecular flexibility index (Phi) is 9.42. The van der Waals surface area contributed by atoms with E-state index in [1.807, 2.05) is 42.7 Å². The summed E-state index contributed by atoms with van der Waals surface area (Å²) in [4.78, 5) is 36.6. The second-order valence-corrected chi connectivity index (χ2v) is 15.7. The van der Waals surface area contributed by atoms with Gasteiger partial charge in [-0.1, -0.05) is 96.0 Å². The lowest BCUT2D eigenvalue weighted by atomic mass is 9.69. The number of aromatic hydroxyl groups is 2. The summed E-state index contributed by atoms with van der Waals surface area (Å²) in [6, 6.07) is 20.2. The SMILES string of the molecule is O=C1CCc2cc(c(O)c3c2CCCO3)Cc2cccc(c2)Cc2cc[nH]c2[N-]CC2=Cc3[n-]ccc3[C@@H](C[C@@H]3C=Cc4c(O)cccc4CC3)[C@@H]2C(=O)C1. The number of phenols is 2. The number of carbonyl (C=O) groups excluding carboxylic acids is 2. The molecule has 2 aliphatic carbocycles. The molecule has 3 atom stereocenters. The Morgan fingerprint density at radius 1 is 0.855 bits per heavy atom. The number of rotatable bonds is 2. The van der Waals surface area contributed by atoms with Crippen molar-refractivity contribution in [1.82, 2.24) is 9.97 Å². The van der Waals surface area contributed by atoms with Crippen molar-refractivity contribution in [2.45, 2.75) is 70.1 Å². The highest BCUT2D eigenvalue weighted by molar-refractivity contribution is 6.02. The molecule has 4 bridgehead atoms. The van der Waals surface area contributed by atoms with Crippen molar-refractivity contribution in [3.63, 3.8) is 0 Å². The van der Waals surface area contributed by atoms with Gasteiger partial charge >= 0.3 is 0 Å². The van der Waals surface area contributed by atoms with Crippen LogP contribution in [0.1, 0.15) is 93.8 Å². The fraction of sp³-hybridized carbons (Fsp3) is 0.319. The van der Waals surface area contributed by atoms with Crippen molar-refractivity contribution in [1.29, 1.82) is 0 Å². The lowest BCUT2D eigenvalue weighted by molar-refractivity contribution is -0.129. The van der Waals surface area contributed by atoms with Gasteiger partial charge in [0.2, 0.25) is 0 Å². The Morgan fingerprint density at radius 2 is 1.71 bits per heavy atom. The molecular formula is C47H45N3O5-2. The Labute approximate surface area is 321 Å². The van der Waals surface area contributed by atoms with Gasteiger partial charge in [0, 0.05) is 35.4 Å². The van der Waals surface area contributed by atoms with Gasteiger partial charge in [-0.05, 0) is 97.2 Å². The summed E-state index contributed by atoms with van der Waals surface area (Å²) in [5.74, 6) is 1.02. The number of carbonyl (C=O) groups is 2. The van der Waals surface area contributed by atoms with Gasteiger partial charge in [0.05, 0.1) is 13.0 Å². The predicted molar refractivity (Wildman–Crippen MR) is 213 cm³/mol. The van der Waals surface area contributed by atoms with Crippen LogP contribution in [-0.2, 0) is 41.7 Å². The molecule has 0 fully saturated rings. The summed E-state index contributed by atoms with van der Waals surface area (Å²) in [5.41, 5.74) is 10.8. The number of allylic oxidation sites excluding steroid dienone is 1. The Morgan fingerprint density at radius 3 is 2.60 bits per heavy atom. The number of nitrogens with one attached hydrogen (secondary N) is 1. The number of aromatic nitrogens is 2. The molecule has 0 saturated carbocycles. The summed E-state index contributed by atoms with van der Waals surface area (Å²) in [5, 5.41) is 27.1. The van der Waals surface area contributed by atoms with E-state index in [9.17, 15) is 19.8 Å². The highest BCUT2D eigenvalue weighted by Gasteiger charge is 2.37. The molecule has 0 radical (unpaired) electrons. The molecule has 0 unspecified atom stereocenters. The number of hydrogen-bond acceptors (Lipinski definition) is 5. The largest absolute Gasteiger partial charge is 0.664 e. The molecule has 2 aliphatic heterocycles. The summed E-state index contributed by atoms with van der Waals surface area (Å²) in [6.45, 7) is 0.847. The summed E-state index contributed by atoms with van der Waals surface area (Å²) in [7, 11) is 0. The number of nitrogens with zero attached hydrogens (tertiary/aromatic N) is 2. The molecule has 0 spiro atoms. The van der Waals surface area contributed by atoms with E-state index >= 15 is 0 Å². The van der Waals surface area contributed by atoms with Crippen LogP contribution in [0.5, 0.6) is 17.2 Å². The number of Topliss-reactive ketones (excluding diaryl/α,β-unsaturated/α-hetero) is 2. The van der Waals surface area contributed by atoms with Gasteiger partial charge in [-0.25, -0.2) is 0 Å². The molecule has 0 saturated heterocycles. The van der Waals surface area contributed by atoms with Gasteiger partial charge in [0.25, 0.3) is 0 Å². The van der Waals surface area contributed by atoms with Crippen LogP contribution in [0.3, 0.4) is 0 Å². The molecule has 9 rings (SSSR count). The molecule has 4 aliphatic rings. The first-order valence-corrected chi connectivity index (χ1v) is 19.6. The Bertz CT molecular complexity index is 2340. The van der Waals surface area contributed by atoms with Crippen LogP contribution < -0.4 is 9.72 Å². The minimum absolute atomic E-state index is 0.0840. The van der Waals surface area contributed by atoms with E-state index in [-0.39, 0.29) is 47.7 Å². The van der Waals surface area contributed by atoms with Crippen molar-refractivity contribution in [2.75, 3.05) is 13.2 Å². The normalized spacial score (nSPS) is 21.1. The van der Waals surface area contributed by atoms with Gasteiger partial charge in [-0.3, -0.25) is 9.59 Å². The summed E-state index contributed by atoms with van der Waals surface area (Å²) >= 11 is 0. The number of fused-ring (bicyclic) bond motifs is 10. The van der Waals surface area contributed by atoms with E-state index in [4.69, 9.17) is 15.0 Å². The first-order chi connectivity index (χ1) is 26.9. The van der Waals surface area contributed by atoms with Crippen molar-refractivity contribution in [3.8, 4) is 17.2 Å². The first kappa shape index (κ1) is 35.0. The van der Waals surface area contributed by atoms with Crippen LogP contribution in [0.4, 0.5) is 5.82 Å². The molecule has 5 aromatic rings. The second kappa shape index (κ2) is 14.8. The average Bonchev–Trinajstić information content (AvgIpc) is 3.79. The molecule has 4 heterocycles. The lowest BCUT2D eigenvalue weighted by Gasteiger charge is -2.37. The van der Waals surface area contributed by atoms with Crippen LogP contribution >= 0.6 is 0 Å². The molecule has 280 valence electrons. The van der Waals surface area contributed by atoms with Crippen LogP contribution in [0, 0.1) is 11.8 Å². The van der Waals surface area contributed by atoms with E-state index < -0.39 is 5.92 Å². The van der Waals surface area contributed by atoms with Gasteiger partial charge in [0.15, 0.2) is 11.5 Å². The summed E-state index contributed by atoms with van der Waals surface area (Å²) in [6.07, 6.45) is 15.7. The van der Waals surface area contributed by atoms with Crippen molar-refractivity contribution >= 4 is 29.5 Å². The van der Waals surface area contributed by atoms with Crippen LogP contribution in [0.15, 0.2) is 84.7 Å². The van der Waals surface area contributed by atoms with Crippen LogP contribution in [-0.4, -0.2) is 39.9 Å². The smallest absolute Gasteiger partial charge is 0.164 e. The third-order valence-electron chi connectivity index (χ3n) is 12.1. The number of aromatic amines is 1. The van der Waals surface area contributed by atoms with Gasteiger partial charge in [-0.15, -0.1) is 5.69 Å². The van der Waals surface area contributed by atoms with Crippen LogP contribution in [0.2, 0.25) is 0 Å².